The third kappa shape index (κ3) is 6.03. The number of carbonyl (C=O) groups is 2. The van der Waals surface area contributed by atoms with Gasteiger partial charge in [0.05, 0.1) is 17.9 Å². The van der Waals surface area contributed by atoms with Crippen molar-refractivity contribution in [3.8, 4) is 0 Å². The molecule has 0 aliphatic heterocycles. The molecule has 0 fully saturated rings. The van der Waals surface area contributed by atoms with Crippen molar-refractivity contribution in [2.75, 3.05) is 39.1 Å². The van der Waals surface area contributed by atoms with E-state index in [-0.39, 0.29) is 24.2 Å². The Balaban J connectivity index is 2.20. The molecule has 0 unspecified atom stereocenters. The molecule has 0 aliphatic rings. The summed E-state index contributed by atoms with van der Waals surface area (Å²) in [6.45, 7) is 5.06. The zero-order valence-electron chi connectivity index (χ0n) is 16.1. The summed E-state index contributed by atoms with van der Waals surface area (Å²) >= 11 is 0. The van der Waals surface area contributed by atoms with Crippen LogP contribution in [0.15, 0.2) is 30.3 Å². The van der Waals surface area contributed by atoms with Crippen LogP contribution in [0.5, 0.6) is 0 Å². The predicted molar refractivity (Wildman–Crippen MR) is 103 cm³/mol. The Kier molecular flexibility index (Phi) is 7.25. The molecule has 0 radical (unpaired) electrons. The number of likely N-dealkylation sites (N-methyl/N-ethyl adjacent to an activating group) is 1. The fraction of sp³-hybridized carbons (Fsp3) is 0.368. The van der Waals surface area contributed by atoms with Crippen LogP contribution in [0.1, 0.15) is 33.5 Å². The molecular weight excluding hydrogens is 346 g/mol. The molecule has 1 amide bonds. The van der Waals surface area contributed by atoms with E-state index in [1.807, 2.05) is 19.0 Å². The van der Waals surface area contributed by atoms with Crippen LogP contribution in [-0.2, 0) is 4.74 Å². The Morgan fingerprint density at radius 3 is 2.63 bits per heavy atom. The summed E-state index contributed by atoms with van der Waals surface area (Å²) in [4.78, 5) is 35.0. The Morgan fingerprint density at radius 1 is 1.19 bits per heavy atom. The standard InChI is InChI=1S/C19H25N5O3/c1-5-27-18(26)14-8-6-7-9-15(14)22-19-21-13(2)12-16(23-19)17(25)20-10-11-24(3)4/h6-9,12H,5,10-11H2,1-4H3,(H,20,25)(H,21,22,23). The van der Waals surface area contributed by atoms with Crippen molar-refractivity contribution in [1.29, 1.82) is 0 Å². The highest BCUT2D eigenvalue weighted by atomic mass is 16.5. The topological polar surface area (TPSA) is 96.4 Å². The molecule has 0 saturated heterocycles. The predicted octanol–water partition coefficient (Wildman–Crippen LogP) is 2.00. The lowest BCUT2D eigenvalue weighted by molar-refractivity contribution is 0.0527. The molecule has 27 heavy (non-hydrogen) atoms. The van der Waals surface area contributed by atoms with Gasteiger partial charge in [0.25, 0.3) is 5.91 Å². The highest BCUT2D eigenvalue weighted by molar-refractivity contribution is 5.96. The van der Waals surface area contributed by atoms with Crippen LogP contribution < -0.4 is 10.6 Å². The second-order valence-electron chi connectivity index (χ2n) is 6.17. The number of nitrogens with zero attached hydrogens (tertiary/aromatic N) is 3. The van der Waals surface area contributed by atoms with Crippen molar-refractivity contribution in [2.24, 2.45) is 0 Å². The van der Waals surface area contributed by atoms with E-state index < -0.39 is 5.97 Å². The van der Waals surface area contributed by atoms with Gasteiger partial charge in [-0.1, -0.05) is 12.1 Å². The summed E-state index contributed by atoms with van der Waals surface area (Å²) in [5.74, 6) is -0.469. The van der Waals surface area contributed by atoms with Crippen molar-refractivity contribution in [2.45, 2.75) is 13.8 Å². The van der Waals surface area contributed by atoms with E-state index >= 15 is 0 Å². The molecule has 8 heteroatoms. The van der Waals surface area contributed by atoms with E-state index in [2.05, 4.69) is 20.6 Å². The first kappa shape index (κ1) is 20.3. The molecular formula is C19H25N5O3. The van der Waals surface area contributed by atoms with Crippen LogP contribution >= 0.6 is 0 Å². The highest BCUT2D eigenvalue weighted by Crippen LogP contribution is 2.20. The lowest BCUT2D eigenvalue weighted by atomic mass is 10.2. The van der Waals surface area contributed by atoms with Gasteiger partial charge in [0.1, 0.15) is 5.69 Å². The van der Waals surface area contributed by atoms with E-state index in [0.29, 0.717) is 23.5 Å². The number of esters is 1. The molecule has 144 valence electrons. The average molecular weight is 371 g/mol. The van der Waals surface area contributed by atoms with Gasteiger partial charge >= 0.3 is 5.97 Å². The van der Waals surface area contributed by atoms with E-state index in [4.69, 9.17) is 4.74 Å². The van der Waals surface area contributed by atoms with Crippen molar-refractivity contribution in [3.05, 3.63) is 47.3 Å². The Labute approximate surface area is 159 Å². The third-order valence-corrected chi connectivity index (χ3v) is 3.60. The van der Waals surface area contributed by atoms with Gasteiger partial charge < -0.3 is 20.3 Å². The summed E-state index contributed by atoms with van der Waals surface area (Å²) in [7, 11) is 3.87. The van der Waals surface area contributed by atoms with Crippen LogP contribution in [0.25, 0.3) is 0 Å². The Hall–Kier alpha value is -3.00. The quantitative estimate of drug-likeness (QED) is 0.685. The number of para-hydroxylation sites is 1. The lowest BCUT2D eigenvalue weighted by Crippen LogP contribution is -2.32. The minimum absolute atomic E-state index is 0.240. The molecule has 1 aromatic carbocycles. The molecule has 0 bridgehead atoms. The second kappa shape index (κ2) is 9.63. The SMILES string of the molecule is CCOC(=O)c1ccccc1Nc1nc(C)cc(C(=O)NCCN(C)C)n1. The number of aryl methyl sites for hydroxylation is 1. The minimum atomic E-state index is -0.435. The number of nitrogens with one attached hydrogen (secondary N) is 2. The monoisotopic (exact) mass is 371 g/mol. The number of aromatic nitrogens is 2. The molecule has 8 nitrogen and oxygen atoms in total. The van der Waals surface area contributed by atoms with Crippen molar-refractivity contribution in [1.82, 2.24) is 20.2 Å². The van der Waals surface area contributed by atoms with Crippen molar-refractivity contribution >= 4 is 23.5 Å². The maximum absolute atomic E-state index is 12.3. The summed E-state index contributed by atoms with van der Waals surface area (Å²) in [5, 5.41) is 5.83. The molecule has 1 aromatic heterocycles. The van der Waals surface area contributed by atoms with Gasteiger partial charge in [0.2, 0.25) is 5.95 Å². The summed E-state index contributed by atoms with van der Waals surface area (Å²) in [6, 6.07) is 8.54. The maximum Gasteiger partial charge on any atom is 0.340 e. The number of amides is 1. The molecule has 0 aliphatic carbocycles. The zero-order valence-corrected chi connectivity index (χ0v) is 16.1. The smallest absolute Gasteiger partial charge is 0.340 e. The first-order valence-electron chi connectivity index (χ1n) is 8.72. The molecule has 0 atom stereocenters. The van der Waals surface area contributed by atoms with E-state index in [9.17, 15) is 9.59 Å². The normalized spacial score (nSPS) is 10.6. The van der Waals surface area contributed by atoms with Gasteiger partial charge in [-0.3, -0.25) is 4.79 Å². The van der Waals surface area contributed by atoms with Crippen LogP contribution in [0.4, 0.5) is 11.6 Å². The zero-order chi connectivity index (χ0) is 19.8. The number of carbonyl (C=O) groups excluding carboxylic acids is 2. The minimum Gasteiger partial charge on any atom is -0.462 e. The molecule has 1 heterocycles. The number of hydrogen-bond donors (Lipinski definition) is 2. The molecule has 2 rings (SSSR count). The first-order valence-corrected chi connectivity index (χ1v) is 8.72. The van der Waals surface area contributed by atoms with Crippen molar-refractivity contribution < 1.29 is 14.3 Å². The second-order valence-corrected chi connectivity index (χ2v) is 6.17. The number of rotatable bonds is 8. The summed E-state index contributed by atoms with van der Waals surface area (Å²) < 4.78 is 5.07. The maximum atomic E-state index is 12.3. The van der Waals surface area contributed by atoms with Crippen LogP contribution in [0.3, 0.4) is 0 Å². The molecule has 2 aromatic rings. The third-order valence-electron chi connectivity index (χ3n) is 3.60. The van der Waals surface area contributed by atoms with E-state index in [0.717, 1.165) is 6.54 Å². The average Bonchev–Trinajstić information content (AvgIpc) is 2.61. The number of benzene rings is 1. The first-order chi connectivity index (χ1) is 12.9. The summed E-state index contributed by atoms with van der Waals surface area (Å²) in [5.41, 5.74) is 1.79. The number of ether oxygens (including phenoxy) is 1. The molecule has 0 spiro atoms. The van der Waals surface area contributed by atoms with Gasteiger partial charge in [-0.15, -0.1) is 0 Å². The molecule has 0 saturated carbocycles. The van der Waals surface area contributed by atoms with Gasteiger partial charge in [-0.25, -0.2) is 14.8 Å². The Bertz CT molecular complexity index is 808. The van der Waals surface area contributed by atoms with E-state index in [1.165, 1.54) is 0 Å². The van der Waals surface area contributed by atoms with Gasteiger partial charge in [-0.2, -0.15) is 0 Å². The number of hydrogen-bond acceptors (Lipinski definition) is 7. The lowest BCUT2D eigenvalue weighted by Gasteiger charge is -2.12. The van der Waals surface area contributed by atoms with Crippen molar-refractivity contribution in [3.63, 3.8) is 0 Å². The molecule has 2 N–H and O–H groups in total. The fourth-order valence-corrected chi connectivity index (χ4v) is 2.32. The highest BCUT2D eigenvalue weighted by Gasteiger charge is 2.15. The summed E-state index contributed by atoms with van der Waals surface area (Å²) in [6.07, 6.45) is 0. The number of anilines is 2. The van der Waals surface area contributed by atoms with Gasteiger partial charge in [-0.05, 0) is 46.1 Å². The van der Waals surface area contributed by atoms with Gasteiger partial charge in [0, 0.05) is 18.8 Å². The largest absolute Gasteiger partial charge is 0.462 e. The van der Waals surface area contributed by atoms with Crippen LogP contribution in [0.2, 0.25) is 0 Å². The van der Waals surface area contributed by atoms with E-state index in [1.54, 1.807) is 44.2 Å². The van der Waals surface area contributed by atoms with Crippen LogP contribution in [-0.4, -0.2) is 60.5 Å². The van der Waals surface area contributed by atoms with Crippen LogP contribution in [0, 0.1) is 6.92 Å². The fourth-order valence-electron chi connectivity index (χ4n) is 2.32. The van der Waals surface area contributed by atoms with Gasteiger partial charge in [0.15, 0.2) is 0 Å². The Morgan fingerprint density at radius 2 is 1.93 bits per heavy atom.